The predicted molar refractivity (Wildman–Crippen MR) is 166 cm³/mol. The number of likely N-dealkylation sites (N-methyl/N-ethyl adjacent to an activating group) is 1. The number of rotatable bonds is 6. The van der Waals surface area contributed by atoms with Gasteiger partial charge in [-0.3, -0.25) is 4.79 Å². The van der Waals surface area contributed by atoms with Gasteiger partial charge in [-0.2, -0.15) is 5.26 Å². The molecule has 4 aromatic rings. The highest BCUT2D eigenvalue weighted by molar-refractivity contribution is 6.35. The van der Waals surface area contributed by atoms with E-state index in [0.29, 0.717) is 47.7 Å². The van der Waals surface area contributed by atoms with Crippen molar-refractivity contribution in [3.05, 3.63) is 59.7 Å². The quantitative estimate of drug-likeness (QED) is 0.294. The zero-order valence-electron chi connectivity index (χ0n) is 24.4. The van der Waals surface area contributed by atoms with E-state index < -0.39 is 5.82 Å². The summed E-state index contributed by atoms with van der Waals surface area (Å²) in [5.41, 5.74) is 3.00. The minimum Gasteiger partial charge on any atom is -0.508 e. The van der Waals surface area contributed by atoms with Crippen LogP contribution in [0.2, 0.25) is 5.02 Å². The Hall–Kier alpha value is -4.20. The summed E-state index contributed by atoms with van der Waals surface area (Å²) in [5, 5.41) is 20.4. The number of pyridine rings is 1. The first-order valence-corrected chi connectivity index (χ1v) is 14.7. The number of nitrogens with zero attached hydrogens (tertiary/aromatic N) is 7. The van der Waals surface area contributed by atoms with Gasteiger partial charge in [0.25, 0.3) is 0 Å². The van der Waals surface area contributed by atoms with Crippen LogP contribution in [0.3, 0.4) is 0 Å². The number of nitriles is 1. The lowest BCUT2D eigenvalue weighted by molar-refractivity contribution is -0.130. The van der Waals surface area contributed by atoms with Gasteiger partial charge < -0.3 is 24.4 Å². The predicted octanol–water partition coefficient (Wildman–Crippen LogP) is 5.44. The average Bonchev–Trinajstić information content (AvgIpc) is 3.40. The smallest absolute Gasteiger partial charge is 0.246 e. The lowest BCUT2D eigenvalue weighted by Gasteiger charge is -2.43. The van der Waals surface area contributed by atoms with Gasteiger partial charge in [-0.15, -0.1) is 0 Å². The summed E-state index contributed by atoms with van der Waals surface area (Å²) in [4.78, 5) is 28.2. The number of imidazole rings is 1. The molecular formula is C32H33ClFN7O2. The third-order valence-corrected chi connectivity index (χ3v) is 9.22. The fourth-order valence-corrected chi connectivity index (χ4v) is 6.71. The van der Waals surface area contributed by atoms with Gasteiger partial charge in [0.15, 0.2) is 11.6 Å². The number of halogens is 2. The number of benzene rings is 2. The maximum Gasteiger partial charge on any atom is 0.246 e. The molecule has 0 unspecified atom stereocenters. The number of aromatic nitrogens is 3. The summed E-state index contributed by atoms with van der Waals surface area (Å²) in [7, 11) is 4.07. The number of amides is 1. The topological polar surface area (TPSA) is 102 Å². The van der Waals surface area contributed by atoms with Gasteiger partial charge in [-0.05, 0) is 69.3 Å². The molecule has 2 saturated heterocycles. The number of phenolic OH excluding ortho intramolecular Hbond substituents is 1. The fourth-order valence-electron chi connectivity index (χ4n) is 6.42. The molecule has 0 radical (unpaired) electrons. The maximum atomic E-state index is 16.7. The van der Waals surface area contributed by atoms with E-state index in [-0.39, 0.29) is 46.3 Å². The van der Waals surface area contributed by atoms with E-state index >= 15 is 4.39 Å². The first-order valence-electron chi connectivity index (χ1n) is 14.3. The van der Waals surface area contributed by atoms with E-state index in [4.69, 9.17) is 21.6 Å². The Morgan fingerprint density at radius 1 is 1.30 bits per heavy atom. The first-order chi connectivity index (χ1) is 20.6. The Bertz CT molecular complexity index is 1810. The molecule has 1 N–H and O–H groups in total. The Morgan fingerprint density at radius 3 is 2.77 bits per heavy atom. The van der Waals surface area contributed by atoms with Crippen molar-refractivity contribution in [3.63, 3.8) is 0 Å². The number of aromatic hydroxyl groups is 1. The number of aryl methyl sites for hydroxylation is 1. The Morgan fingerprint density at radius 2 is 2.07 bits per heavy atom. The van der Waals surface area contributed by atoms with Gasteiger partial charge in [-0.1, -0.05) is 24.2 Å². The second-order valence-electron chi connectivity index (χ2n) is 11.7. The molecule has 2 aliphatic rings. The summed E-state index contributed by atoms with van der Waals surface area (Å²) in [6, 6.07) is 8.72. The highest BCUT2D eigenvalue weighted by atomic mass is 35.5. The second kappa shape index (κ2) is 11.1. The van der Waals surface area contributed by atoms with Crippen molar-refractivity contribution in [1.29, 1.82) is 5.26 Å². The van der Waals surface area contributed by atoms with Crippen LogP contribution in [0.4, 0.5) is 10.2 Å². The number of hydrogen-bond donors (Lipinski definition) is 1. The highest BCUT2D eigenvalue weighted by Gasteiger charge is 2.35. The van der Waals surface area contributed by atoms with Gasteiger partial charge in [0.1, 0.15) is 16.8 Å². The summed E-state index contributed by atoms with van der Waals surface area (Å²) < 4.78 is 18.7. The number of fused-ring (bicyclic) bond motifs is 3. The summed E-state index contributed by atoms with van der Waals surface area (Å²) in [5.74, 6) is -0.137. The second-order valence-corrected chi connectivity index (χ2v) is 12.1. The van der Waals surface area contributed by atoms with Crippen molar-refractivity contribution >= 4 is 45.3 Å². The third-order valence-electron chi connectivity index (χ3n) is 8.92. The lowest BCUT2D eigenvalue weighted by atomic mass is 9.94. The molecular weight excluding hydrogens is 569 g/mol. The van der Waals surface area contributed by atoms with E-state index in [0.717, 1.165) is 24.2 Å². The van der Waals surface area contributed by atoms with Gasteiger partial charge in [0, 0.05) is 48.7 Å². The van der Waals surface area contributed by atoms with E-state index in [1.165, 1.54) is 12.1 Å². The maximum absolute atomic E-state index is 16.7. The minimum atomic E-state index is -0.564. The van der Waals surface area contributed by atoms with Gasteiger partial charge in [-0.25, -0.2) is 14.4 Å². The SMILES string of the molecule is C=CC(=O)N1CC[C@H](n2cnc3c(N4CC(N(C)C)C4)nc4c(F)c(-c5cc(O)ccc5C)c(Cl)cc4c32)C[C@H]1CC#N. The Labute approximate surface area is 254 Å². The van der Waals surface area contributed by atoms with Crippen molar-refractivity contribution in [2.75, 3.05) is 38.6 Å². The number of carbonyl (C=O) groups is 1. The molecule has 0 bridgehead atoms. The van der Waals surface area contributed by atoms with Crippen LogP contribution in [0.1, 0.15) is 30.9 Å². The zero-order chi connectivity index (χ0) is 30.6. The molecule has 2 aromatic carbocycles. The van der Waals surface area contributed by atoms with E-state index in [9.17, 15) is 15.2 Å². The van der Waals surface area contributed by atoms with Crippen LogP contribution in [0.15, 0.2) is 43.2 Å². The molecule has 2 atom stereocenters. The first kappa shape index (κ1) is 28.9. The molecule has 9 nitrogen and oxygen atoms in total. The summed E-state index contributed by atoms with van der Waals surface area (Å²) in [6.45, 7) is 7.38. The monoisotopic (exact) mass is 601 g/mol. The standard InChI is InChI=1S/C32H33ClFN7O2/c1-5-26(43)40-11-9-20(12-19(40)8-10-35)41-17-36-30-31(41)24-14-25(33)27(23-13-22(42)7-6-18(23)2)28(34)29(24)37-32(30)39-15-21(16-39)38(3)4/h5-7,13-14,17,19-21,42H,1,8-9,11-12,15-16H2,2-4H3/t19-,20+/m1/s1. The van der Waals surface area contributed by atoms with Crippen molar-refractivity contribution in [2.45, 2.75) is 44.3 Å². The van der Waals surface area contributed by atoms with Crippen LogP contribution in [-0.2, 0) is 4.79 Å². The molecule has 0 spiro atoms. The van der Waals surface area contributed by atoms with E-state index in [2.05, 4.69) is 22.4 Å². The van der Waals surface area contributed by atoms with Crippen LogP contribution < -0.4 is 4.90 Å². The molecule has 4 heterocycles. The summed E-state index contributed by atoms with van der Waals surface area (Å²) in [6.07, 6.45) is 4.42. The molecule has 2 aliphatic heterocycles. The fraction of sp³-hybridized carbons (Fsp3) is 0.375. The molecule has 0 saturated carbocycles. The Balaban J connectivity index is 1.55. The number of phenols is 1. The number of anilines is 1. The van der Waals surface area contributed by atoms with Gasteiger partial charge in [0.05, 0.1) is 29.4 Å². The number of hydrogen-bond acceptors (Lipinski definition) is 7. The molecule has 0 aliphatic carbocycles. The molecule has 43 heavy (non-hydrogen) atoms. The van der Waals surface area contributed by atoms with Crippen molar-refractivity contribution in [1.82, 2.24) is 24.3 Å². The molecule has 1 amide bonds. The molecule has 222 valence electrons. The normalized spacial score (nSPS) is 19.2. The van der Waals surface area contributed by atoms with Crippen molar-refractivity contribution in [3.8, 4) is 22.9 Å². The Kier molecular flexibility index (Phi) is 7.48. The van der Waals surface area contributed by atoms with Crippen molar-refractivity contribution < 1.29 is 14.3 Å². The average molecular weight is 602 g/mol. The number of likely N-dealkylation sites (tertiary alicyclic amines) is 1. The number of piperidine rings is 1. The molecule has 2 aromatic heterocycles. The third kappa shape index (κ3) is 4.86. The summed E-state index contributed by atoms with van der Waals surface area (Å²) >= 11 is 6.82. The minimum absolute atomic E-state index is 0.0156. The molecule has 2 fully saturated rings. The molecule has 11 heteroatoms. The van der Waals surface area contributed by atoms with Crippen LogP contribution in [-0.4, -0.2) is 81.2 Å². The van der Waals surface area contributed by atoms with Crippen LogP contribution in [0, 0.1) is 24.1 Å². The zero-order valence-corrected chi connectivity index (χ0v) is 25.1. The van der Waals surface area contributed by atoms with E-state index in [1.54, 1.807) is 29.4 Å². The molecule has 6 rings (SSSR count). The van der Waals surface area contributed by atoms with Crippen LogP contribution >= 0.6 is 11.6 Å². The van der Waals surface area contributed by atoms with Gasteiger partial charge in [0.2, 0.25) is 5.91 Å². The van der Waals surface area contributed by atoms with Crippen molar-refractivity contribution in [2.24, 2.45) is 0 Å². The van der Waals surface area contributed by atoms with E-state index in [1.807, 2.05) is 25.6 Å². The highest BCUT2D eigenvalue weighted by Crippen LogP contribution is 2.43. The number of carbonyl (C=O) groups excluding carboxylic acids is 1. The lowest BCUT2D eigenvalue weighted by Crippen LogP contribution is -2.57. The van der Waals surface area contributed by atoms with Crippen LogP contribution in [0.25, 0.3) is 33.1 Å². The van der Waals surface area contributed by atoms with Crippen LogP contribution in [0.5, 0.6) is 5.75 Å². The largest absolute Gasteiger partial charge is 0.508 e. The van der Waals surface area contributed by atoms with Gasteiger partial charge >= 0.3 is 0 Å².